The van der Waals surface area contributed by atoms with E-state index in [-0.39, 0.29) is 5.76 Å². The molecular formula is C11H13NO3. The average Bonchev–Trinajstić information content (AvgIpc) is 2.56. The van der Waals surface area contributed by atoms with Gasteiger partial charge in [0, 0.05) is 6.61 Å². The topological polar surface area (TPSA) is 44.4 Å². The summed E-state index contributed by atoms with van der Waals surface area (Å²) >= 11 is 0. The summed E-state index contributed by atoms with van der Waals surface area (Å²) in [5, 5.41) is 0. The Balaban J connectivity index is 2.33. The van der Waals surface area contributed by atoms with Gasteiger partial charge in [0.25, 0.3) is 0 Å². The van der Waals surface area contributed by atoms with Crippen LogP contribution in [0.5, 0.6) is 0 Å². The molecular weight excluding hydrogens is 194 g/mol. The molecule has 0 aliphatic rings. The second kappa shape index (κ2) is 4.31. The Labute approximate surface area is 87.1 Å². The third-order valence-corrected chi connectivity index (χ3v) is 2.24. The van der Waals surface area contributed by atoms with E-state index in [9.17, 15) is 4.79 Å². The zero-order valence-corrected chi connectivity index (χ0v) is 8.60. The smallest absolute Gasteiger partial charge is 0.408 e. The molecule has 0 bridgehead atoms. The number of aromatic nitrogens is 1. The SMILES string of the molecule is CCOCCn1c(=O)oc2ccccc21. The number of ether oxygens (including phenoxy) is 1. The highest BCUT2D eigenvalue weighted by Gasteiger charge is 2.07. The number of para-hydroxylation sites is 2. The average molecular weight is 207 g/mol. The predicted octanol–water partition coefficient (Wildman–Crippen LogP) is 1.63. The summed E-state index contributed by atoms with van der Waals surface area (Å²) in [6.07, 6.45) is 0. The molecule has 0 atom stereocenters. The van der Waals surface area contributed by atoms with Crippen LogP contribution in [-0.2, 0) is 11.3 Å². The zero-order valence-electron chi connectivity index (χ0n) is 8.60. The summed E-state index contributed by atoms with van der Waals surface area (Å²) in [6, 6.07) is 7.38. The molecule has 0 unspecified atom stereocenters. The summed E-state index contributed by atoms with van der Waals surface area (Å²) in [5.41, 5.74) is 1.45. The van der Waals surface area contributed by atoms with E-state index in [4.69, 9.17) is 9.15 Å². The lowest BCUT2D eigenvalue weighted by Gasteiger charge is -2.01. The minimum Gasteiger partial charge on any atom is -0.408 e. The monoisotopic (exact) mass is 207 g/mol. The predicted molar refractivity (Wildman–Crippen MR) is 57.0 cm³/mol. The lowest BCUT2D eigenvalue weighted by molar-refractivity contribution is 0.138. The molecule has 80 valence electrons. The van der Waals surface area contributed by atoms with Crippen molar-refractivity contribution in [3.8, 4) is 0 Å². The fourth-order valence-electron chi connectivity index (χ4n) is 1.53. The fourth-order valence-corrected chi connectivity index (χ4v) is 1.53. The van der Waals surface area contributed by atoms with Crippen LogP contribution in [0.2, 0.25) is 0 Å². The van der Waals surface area contributed by atoms with Crippen LogP contribution in [0.3, 0.4) is 0 Å². The lowest BCUT2D eigenvalue weighted by Crippen LogP contribution is -2.17. The number of hydrogen-bond acceptors (Lipinski definition) is 3. The second-order valence-corrected chi connectivity index (χ2v) is 3.18. The van der Waals surface area contributed by atoms with Crippen molar-refractivity contribution in [2.75, 3.05) is 13.2 Å². The van der Waals surface area contributed by atoms with Gasteiger partial charge in [-0.15, -0.1) is 0 Å². The van der Waals surface area contributed by atoms with E-state index in [2.05, 4.69) is 0 Å². The van der Waals surface area contributed by atoms with E-state index in [1.165, 1.54) is 0 Å². The van der Waals surface area contributed by atoms with Crippen molar-refractivity contribution in [3.63, 3.8) is 0 Å². The molecule has 4 nitrogen and oxygen atoms in total. The summed E-state index contributed by atoms with van der Waals surface area (Å²) in [5.74, 6) is -0.323. The maximum atomic E-state index is 11.5. The van der Waals surface area contributed by atoms with Crippen LogP contribution in [0, 0.1) is 0 Å². The summed E-state index contributed by atoms with van der Waals surface area (Å²) < 4.78 is 11.9. The van der Waals surface area contributed by atoms with Gasteiger partial charge >= 0.3 is 5.76 Å². The quantitative estimate of drug-likeness (QED) is 0.716. The molecule has 0 saturated heterocycles. The van der Waals surface area contributed by atoms with Crippen LogP contribution in [0.1, 0.15) is 6.92 Å². The molecule has 1 aromatic carbocycles. The first-order valence-corrected chi connectivity index (χ1v) is 4.99. The molecule has 0 aliphatic carbocycles. The second-order valence-electron chi connectivity index (χ2n) is 3.18. The Morgan fingerprint density at radius 1 is 1.40 bits per heavy atom. The van der Waals surface area contributed by atoms with Gasteiger partial charge in [0.2, 0.25) is 0 Å². The molecule has 15 heavy (non-hydrogen) atoms. The Kier molecular flexibility index (Phi) is 2.87. The molecule has 0 fully saturated rings. The Morgan fingerprint density at radius 2 is 2.20 bits per heavy atom. The van der Waals surface area contributed by atoms with E-state index < -0.39 is 0 Å². The minimum atomic E-state index is -0.323. The fraction of sp³-hybridized carbons (Fsp3) is 0.364. The largest absolute Gasteiger partial charge is 0.420 e. The van der Waals surface area contributed by atoms with Gasteiger partial charge in [-0.1, -0.05) is 12.1 Å². The van der Waals surface area contributed by atoms with Crippen LogP contribution in [-0.4, -0.2) is 17.8 Å². The lowest BCUT2D eigenvalue weighted by atomic mass is 10.3. The summed E-state index contributed by atoms with van der Waals surface area (Å²) in [4.78, 5) is 11.5. The van der Waals surface area contributed by atoms with Crippen LogP contribution in [0.15, 0.2) is 33.5 Å². The molecule has 0 saturated carbocycles. The van der Waals surface area contributed by atoms with Crippen molar-refractivity contribution < 1.29 is 9.15 Å². The Hall–Kier alpha value is -1.55. The van der Waals surface area contributed by atoms with E-state index >= 15 is 0 Å². The number of nitrogens with zero attached hydrogens (tertiary/aromatic N) is 1. The van der Waals surface area contributed by atoms with E-state index in [1.807, 2.05) is 25.1 Å². The first-order chi connectivity index (χ1) is 7.33. The highest BCUT2D eigenvalue weighted by Crippen LogP contribution is 2.11. The molecule has 0 amide bonds. The van der Waals surface area contributed by atoms with E-state index in [0.29, 0.717) is 25.3 Å². The summed E-state index contributed by atoms with van der Waals surface area (Å²) in [6.45, 7) is 3.64. The highest BCUT2D eigenvalue weighted by molar-refractivity contribution is 5.72. The maximum Gasteiger partial charge on any atom is 0.420 e. The van der Waals surface area contributed by atoms with Crippen molar-refractivity contribution in [2.24, 2.45) is 0 Å². The Morgan fingerprint density at radius 3 is 3.00 bits per heavy atom. The maximum absolute atomic E-state index is 11.5. The number of rotatable bonds is 4. The van der Waals surface area contributed by atoms with Gasteiger partial charge in [-0.25, -0.2) is 4.79 Å². The van der Waals surface area contributed by atoms with Crippen molar-refractivity contribution >= 4 is 11.1 Å². The van der Waals surface area contributed by atoms with Gasteiger partial charge in [-0.05, 0) is 19.1 Å². The van der Waals surface area contributed by atoms with E-state index in [1.54, 1.807) is 10.6 Å². The number of oxazole rings is 1. The summed E-state index contributed by atoms with van der Waals surface area (Å²) in [7, 11) is 0. The first kappa shape index (κ1) is 9.98. The molecule has 0 aliphatic heterocycles. The normalized spacial score (nSPS) is 11.0. The van der Waals surface area contributed by atoms with Gasteiger partial charge in [-0.3, -0.25) is 4.57 Å². The molecule has 0 N–H and O–H groups in total. The van der Waals surface area contributed by atoms with Gasteiger partial charge < -0.3 is 9.15 Å². The highest BCUT2D eigenvalue weighted by atomic mass is 16.5. The standard InChI is InChI=1S/C11H13NO3/c1-2-14-8-7-12-9-5-3-4-6-10(9)15-11(12)13/h3-6H,2,7-8H2,1H3. The Bertz CT molecular complexity index is 498. The van der Waals surface area contributed by atoms with Gasteiger partial charge in [0.1, 0.15) is 0 Å². The number of benzene rings is 1. The molecule has 1 aromatic heterocycles. The van der Waals surface area contributed by atoms with Crippen molar-refractivity contribution in [1.29, 1.82) is 0 Å². The molecule has 0 spiro atoms. The van der Waals surface area contributed by atoms with Crippen LogP contribution in [0.4, 0.5) is 0 Å². The van der Waals surface area contributed by atoms with Crippen molar-refractivity contribution in [2.45, 2.75) is 13.5 Å². The van der Waals surface area contributed by atoms with E-state index in [0.717, 1.165) is 5.52 Å². The van der Waals surface area contributed by atoms with Gasteiger partial charge in [-0.2, -0.15) is 0 Å². The van der Waals surface area contributed by atoms with Crippen LogP contribution < -0.4 is 5.76 Å². The zero-order chi connectivity index (χ0) is 10.7. The first-order valence-electron chi connectivity index (χ1n) is 4.99. The molecule has 2 rings (SSSR count). The third-order valence-electron chi connectivity index (χ3n) is 2.24. The molecule has 2 aromatic rings. The van der Waals surface area contributed by atoms with Crippen LogP contribution in [0.25, 0.3) is 11.1 Å². The molecule has 4 heteroatoms. The third kappa shape index (κ3) is 1.94. The number of fused-ring (bicyclic) bond motifs is 1. The van der Waals surface area contributed by atoms with Crippen molar-refractivity contribution in [3.05, 3.63) is 34.8 Å². The number of hydrogen-bond donors (Lipinski definition) is 0. The molecule has 1 heterocycles. The van der Waals surface area contributed by atoms with Gasteiger partial charge in [0.15, 0.2) is 5.58 Å². The molecule has 0 radical (unpaired) electrons. The minimum absolute atomic E-state index is 0.323. The van der Waals surface area contributed by atoms with Crippen molar-refractivity contribution in [1.82, 2.24) is 4.57 Å². The van der Waals surface area contributed by atoms with Gasteiger partial charge in [0.05, 0.1) is 18.7 Å². The van der Waals surface area contributed by atoms with Crippen LogP contribution >= 0.6 is 0 Å².